The number of rotatable bonds is 6. The molecule has 0 spiro atoms. The number of anilines is 2. The molecule has 5 nitrogen and oxygen atoms in total. The van der Waals surface area contributed by atoms with Crippen molar-refractivity contribution in [3.05, 3.63) is 5.28 Å². The lowest BCUT2D eigenvalue weighted by Crippen LogP contribution is -2.28. The summed E-state index contributed by atoms with van der Waals surface area (Å²) in [5, 5.41) is 0.254. The maximum Gasteiger partial charge on any atom is 0.231 e. The smallest absolute Gasteiger partial charge is 0.231 e. The van der Waals surface area contributed by atoms with E-state index in [2.05, 4.69) is 52.4 Å². The van der Waals surface area contributed by atoms with E-state index in [1.165, 1.54) is 0 Å². The molecule has 0 aromatic carbocycles. The largest absolute Gasteiger partial charge is 0.341 e. The first-order chi connectivity index (χ1) is 8.15. The third kappa shape index (κ3) is 3.43. The van der Waals surface area contributed by atoms with Crippen molar-refractivity contribution in [2.75, 3.05) is 36.0 Å². The van der Waals surface area contributed by atoms with E-state index in [0.29, 0.717) is 11.9 Å². The summed E-state index contributed by atoms with van der Waals surface area (Å²) < 4.78 is 0. The van der Waals surface area contributed by atoms with Crippen LogP contribution in [0.2, 0.25) is 5.28 Å². The maximum absolute atomic E-state index is 5.95. The molecule has 0 aliphatic carbocycles. The highest BCUT2D eigenvalue weighted by Crippen LogP contribution is 2.16. The Kier molecular flexibility index (Phi) is 5.41. The molecule has 0 aliphatic heterocycles. The van der Waals surface area contributed by atoms with E-state index < -0.39 is 0 Å². The predicted molar refractivity (Wildman–Crippen MR) is 72.0 cm³/mol. The molecule has 1 heterocycles. The zero-order chi connectivity index (χ0) is 12.8. The van der Waals surface area contributed by atoms with Crippen LogP contribution in [0.25, 0.3) is 0 Å². The molecule has 0 radical (unpaired) electrons. The fourth-order valence-corrected chi connectivity index (χ4v) is 1.78. The summed E-state index contributed by atoms with van der Waals surface area (Å²) in [6.07, 6.45) is 0. The minimum Gasteiger partial charge on any atom is -0.341 e. The van der Waals surface area contributed by atoms with Gasteiger partial charge in [0.15, 0.2) is 0 Å². The highest BCUT2D eigenvalue weighted by molar-refractivity contribution is 6.28. The van der Waals surface area contributed by atoms with Crippen LogP contribution in [0.1, 0.15) is 27.7 Å². The zero-order valence-electron chi connectivity index (χ0n) is 10.9. The quantitative estimate of drug-likeness (QED) is 0.782. The van der Waals surface area contributed by atoms with Gasteiger partial charge in [-0.3, -0.25) is 0 Å². The number of hydrogen-bond donors (Lipinski definition) is 0. The van der Waals surface area contributed by atoms with E-state index >= 15 is 0 Å². The first-order valence-corrected chi connectivity index (χ1v) is 6.45. The van der Waals surface area contributed by atoms with Crippen molar-refractivity contribution >= 4 is 23.5 Å². The highest BCUT2D eigenvalue weighted by Gasteiger charge is 2.13. The topological polar surface area (TPSA) is 45.2 Å². The number of nitrogens with zero attached hydrogens (tertiary/aromatic N) is 5. The summed E-state index contributed by atoms with van der Waals surface area (Å²) in [6, 6.07) is 0. The Morgan fingerprint density at radius 1 is 0.765 bits per heavy atom. The Labute approximate surface area is 108 Å². The lowest BCUT2D eigenvalue weighted by molar-refractivity contribution is 0.776. The summed E-state index contributed by atoms with van der Waals surface area (Å²) in [7, 11) is 0. The molecule has 0 unspecified atom stereocenters. The number of aromatic nitrogens is 3. The standard InChI is InChI=1S/C11H20ClN5/c1-5-16(6-2)10-13-9(12)14-11(15-10)17(7-3)8-4/h5-8H2,1-4H3. The second-order valence-corrected chi connectivity index (χ2v) is 3.89. The Bertz CT molecular complexity index is 319. The molecule has 0 N–H and O–H groups in total. The summed E-state index contributed by atoms with van der Waals surface area (Å²) >= 11 is 5.95. The molecule has 96 valence electrons. The first-order valence-electron chi connectivity index (χ1n) is 6.07. The Morgan fingerprint density at radius 2 is 1.12 bits per heavy atom. The number of hydrogen-bond acceptors (Lipinski definition) is 5. The molecule has 0 fully saturated rings. The second-order valence-electron chi connectivity index (χ2n) is 3.55. The fourth-order valence-electron chi connectivity index (χ4n) is 1.63. The van der Waals surface area contributed by atoms with Gasteiger partial charge in [0.25, 0.3) is 0 Å². The molecule has 17 heavy (non-hydrogen) atoms. The van der Waals surface area contributed by atoms with Crippen LogP contribution < -0.4 is 9.80 Å². The van der Waals surface area contributed by atoms with Gasteiger partial charge in [-0.25, -0.2) is 0 Å². The molecule has 1 aromatic rings. The van der Waals surface area contributed by atoms with Crippen molar-refractivity contribution in [1.29, 1.82) is 0 Å². The second kappa shape index (κ2) is 6.59. The molecule has 0 aliphatic rings. The monoisotopic (exact) mass is 257 g/mol. The van der Waals surface area contributed by atoms with Crippen LogP contribution >= 0.6 is 11.6 Å². The Balaban J connectivity index is 3.08. The molecule has 0 atom stereocenters. The van der Waals surface area contributed by atoms with E-state index in [0.717, 1.165) is 26.2 Å². The summed E-state index contributed by atoms with van der Waals surface area (Å²) in [6.45, 7) is 11.7. The van der Waals surface area contributed by atoms with E-state index in [4.69, 9.17) is 11.6 Å². The third-order valence-electron chi connectivity index (χ3n) is 2.68. The summed E-state index contributed by atoms with van der Waals surface area (Å²) in [5.74, 6) is 1.30. The molecule has 0 saturated heterocycles. The Morgan fingerprint density at radius 3 is 1.41 bits per heavy atom. The van der Waals surface area contributed by atoms with Gasteiger partial charge in [0.2, 0.25) is 17.2 Å². The minimum atomic E-state index is 0.254. The van der Waals surface area contributed by atoms with Crippen molar-refractivity contribution < 1.29 is 0 Å². The third-order valence-corrected chi connectivity index (χ3v) is 2.85. The number of halogens is 1. The van der Waals surface area contributed by atoms with Crippen molar-refractivity contribution in [1.82, 2.24) is 15.0 Å². The first kappa shape index (κ1) is 14.0. The van der Waals surface area contributed by atoms with Gasteiger partial charge in [-0.05, 0) is 39.3 Å². The van der Waals surface area contributed by atoms with E-state index in [1.807, 2.05) is 0 Å². The lowest BCUT2D eigenvalue weighted by atomic mass is 10.5. The molecule has 0 bridgehead atoms. The highest BCUT2D eigenvalue weighted by atomic mass is 35.5. The SMILES string of the molecule is CCN(CC)c1nc(Cl)nc(N(CC)CC)n1. The van der Waals surface area contributed by atoms with Crippen molar-refractivity contribution in [2.24, 2.45) is 0 Å². The van der Waals surface area contributed by atoms with Crippen LogP contribution in [-0.4, -0.2) is 41.1 Å². The van der Waals surface area contributed by atoms with Gasteiger partial charge in [-0.15, -0.1) is 0 Å². The van der Waals surface area contributed by atoms with Crippen LogP contribution in [0.15, 0.2) is 0 Å². The molecule has 6 heteroatoms. The van der Waals surface area contributed by atoms with Gasteiger partial charge >= 0.3 is 0 Å². The molecule has 1 aromatic heterocycles. The lowest BCUT2D eigenvalue weighted by Gasteiger charge is -2.22. The molecule has 1 rings (SSSR count). The summed E-state index contributed by atoms with van der Waals surface area (Å²) in [4.78, 5) is 16.9. The van der Waals surface area contributed by atoms with Gasteiger partial charge < -0.3 is 9.80 Å². The van der Waals surface area contributed by atoms with Crippen molar-refractivity contribution in [3.63, 3.8) is 0 Å². The van der Waals surface area contributed by atoms with E-state index in [9.17, 15) is 0 Å². The molecule has 0 amide bonds. The average Bonchev–Trinajstić information content (AvgIpc) is 2.31. The predicted octanol–water partition coefficient (Wildman–Crippen LogP) is 2.22. The zero-order valence-corrected chi connectivity index (χ0v) is 11.7. The van der Waals surface area contributed by atoms with Gasteiger partial charge in [0.1, 0.15) is 0 Å². The van der Waals surface area contributed by atoms with Crippen LogP contribution in [0.3, 0.4) is 0 Å². The average molecular weight is 258 g/mol. The van der Waals surface area contributed by atoms with E-state index in [-0.39, 0.29) is 5.28 Å². The summed E-state index contributed by atoms with van der Waals surface area (Å²) in [5.41, 5.74) is 0. The normalized spacial score (nSPS) is 10.4. The molecular weight excluding hydrogens is 238 g/mol. The van der Waals surface area contributed by atoms with Gasteiger partial charge in [-0.2, -0.15) is 15.0 Å². The van der Waals surface area contributed by atoms with Gasteiger partial charge in [-0.1, -0.05) is 0 Å². The van der Waals surface area contributed by atoms with Crippen molar-refractivity contribution in [3.8, 4) is 0 Å². The molecular formula is C11H20ClN5. The molecule has 0 saturated carbocycles. The van der Waals surface area contributed by atoms with Crippen molar-refractivity contribution in [2.45, 2.75) is 27.7 Å². The van der Waals surface area contributed by atoms with Crippen LogP contribution in [0.4, 0.5) is 11.9 Å². The van der Waals surface area contributed by atoms with E-state index in [1.54, 1.807) is 0 Å². The van der Waals surface area contributed by atoms with Crippen LogP contribution in [0, 0.1) is 0 Å². The minimum absolute atomic E-state index is 0.254. The van der Waals surface area contributed by atoms with Gasteiger partial charge in [0, 0.05) is 26.2 Å². The van der Waals surface area contributed by atoms with Crippen LogP contribution in [0.5, 0.6) is 0 Å². The maximum atomic E-state index is 5.95. The fraction of sp³-hybridized carbons (Fsp3) is 0.727. The van der Waals surface area contributed by atoms with Crippen LogP contribution in [-0.2, 0) is 0 Å². The Hall–Kier alpha value is -1.10. The van der Waals surface area contributed by atoms with Gasteiger partial charge in [0.05, 0.1) is 0 Å².